The highest BCUT2D eigenvalue weighted by Gasteiger charge is 2.70. The average Bonchev–Trinajstić information content (AvgIpc) is 3.50. The summed E-state index contributed by atoms with van der Waals surface area (Å²) in [5.41, 5.74) is 3.35. The molecule has 2 aliphatic carbocycles. The lowest BCUT2D eigenvalue weighted by Crippen LogP contribution is -2.63. The molecule has 5 amide bonds. The van der Waals surface area contributed by atoms with E-state index in [0.29, 0.717) is 12.8 Å². The van der Waals surface area contributed by atoms with Crippen LogP contribution in [0, 0.1) is 28.1 Å². The first-order valence-corrected chi connectivity index (χ1v) is 20.2. The quantitative estimate of drug-likeness (QED) is 0.207. The summed E-state index contributed by atoms with van der Waals surface area (Å²) in [4.78, 5) is 68.1. The van der Waals surface area contributed by atoms with Crippen LogP contribution >= 0.6 is 11.3 Å². The maximum Gasteiger partial charge on any atom is 0.389 e. The van der Waals surface area contributed by atoms with E-state index in [9.17, 15) is 45.6 Å². The fraction of sp³-hybridized carbons (Fsp3) is 0.743. The second kappa shape index (κ2) is 15.5. The number of alkyl halides is 3. The van der Waals surface area contributed by atoms with Gasteiger partial charge in [-0.25, -0.2) is 13.2 Å². The van der Waals surface area contributed by atoms with Crippen molar-refractivity contribution in [1.82, 2.24) is 25.2 Å². The zero-order valence-corrected chi connectivity index (χ0v) is 33.0. The minimum absolute atomic E-state index is 0.0701. The van der Waals surface area contributed by atoms with Crippen molar-refractivity contribution < 1.29 is 45.6 Å². The minimum Gasteiger partial charge on any atom is -0.363 e. The van der Waals surface area contributed by atoms with Gasteiger partial charge < -0.3 is 26.6 Å². The van der Waals surface area contributed by atoms with Crippen LogP contribution in [-0.2, 0) is 29.2 Å². The molecule has 0 radical (unpaired) electrons. The SMILES string of the molecule is CN(C[C@@H](NC(=O)N[C@H](C(=O)N1C[C@H]2[C@@H]([C@H]1C(=O)NC(CCC(F)(F)F)C(=O)C(N)=O)C2(C)C)C1(C)CCCCC1)C(C)(C)C)S(=O)(=O)c1cccs1. The van der Waals surface area contributed by atoms with Gasteiger partial charge in [0, 0.05) is 32.6 Å². The standard InChI is InChI=1S/C35H53F3N6O7S2/c1-32(2,3)22(19-43(7)53(50,51)23-12-11-17-52-23)41-31(49)42-27(34(6)14-9-8-10-15-34)30(48)44-18-20-24(33(20,4)5)25(44)29(47)40-21(26(45)28(39)46)13-16-35(36,37)38/h11-12,17,20-22,24-25,27H,8-10,13-16,18-19H2,1-7H3,(H2,39,46)(H,40,47)(H2,41,42,49)/t20-,21?,22+,24-,25-,27+/m0/s1. The van der Waals surface area contributed by atoms with Gasteiger partial charge in [0.05, 0.1) is 6.04 Å². The number of likely N-dealkylation sites (tertiary alicyclic amines) is 1. The van der Waals surface area contributed by atoms with Gasteiger partial charge in [-0.1, -0.05) is 66.9 Å². The molecular formula is C35H53F3N6O7S2. The molecule has 0 spiro atoms. The van der Waals surface area contributed by atoms with E-state index in [1.165, 1.54) is 22.3 Å². The highest BCUT2D eigenvalue weighted by Crippen LogP contribution is 2.65. The summed E-state index contributed by atoms with van der Waals surface area (Å²) < 4.78 is 67.1. The highest BCUT2D eigenvalue weighted by atomic mass is 32.2. The number of fused-ring (bicyclic) bond motifs is 1. The number of sulfonamides is 1. The summed E-state index contributed by atoms with van der Waals surface area (Å²) in [5, 5.41) is 9.75. The molecule has 4 rings (SSSR count). The third kappa shape index (κ3) is 9.53. The number of urea groups is 1. The van der Waals surface area contributed by atoms with Gasteiger partial charge in [0.15, 0.2) is 0 Å². The number of halogens is 3. The van der Waals surface area contributed by atoms with Gasteiger partial charge in [0.1, 0.15) is 16.3 Å². The Labute approximate surface area is 313 Å². The van der Waals surface area contributed by atoms with Gasteiger partial charge in [-0.2, -0.15) is 17.5 Å². The van der Waals surface area contributed by atoms with E-state index in [0.717, 1.165) is 30.6 Å². The first kappa shape index (κ1) is 42.5. The number of primary amides is 1. The molecule has 3 aliphatic rings. The highest BCUT2D eigenvalue weighted by molar-refractivity contribution is 7.91. The molecule has 18 heteroatoms. The number of carbonyl (C=O) groups excluding carboxylic acids is 5. The van der Waals surface area contributed by atoms with E-state index in [1.54, 1.807) is 11.4 Å². The normalized spacial score (nSPS) is 24.1. The lowest BCUT2D eigenvalue weighted by molar-refractivity contribution is -0.147. The van der Waals surface area contributed by atoms with E-state index >= 15 is 0 Å². The number of ketones is 1. The van der Waals surface area contributed by atoms with Gasteiger partial charge >= 0.3 is 12.2 Å². The molecule has 1 saturated heterocycles. The molecule has 5 N–H and O–H groups in total. The largest absolute Gasteiger partial charge is 0.389 e. The van der Waals surface area contributed by atoms with Crippen LogP contribution in [0.25, 0.3) is 0 Å². The lowest BCUT2D eigenvalue weighted by Gasteiger charge is -2.43. The first-order chi connectivity index (χ1) is 24.3. The maximum absolute atomic E-state index is 14.7. The van der Waals surface area contributed by atoms with Gasteiger partial charge in [-0.15, -0.1) is 11.3 Å². The fourth-order valence-electron chi connectivity index (χ4n) is 7.95. The summed E-state index contributed by atoms with van der Waals surface area (Å²) in [7, 11) is -2.41. The lowest BCUT2D eigenvalue weighted by atomic mass is 9.70. The second-order valence-corrected chi connectivity index (χ2v) is 20.0. The van der Waals surface area contributed by atoms with Gasteiger partial charge in [-0.3, -0.25) is 19.2 Å². The van der Waals surface area contributed by atoms with Crippen molar-refractivity contribution in [2.75, 3.05) is 20.1 Å². The molecule has 0 aromatic carbocycles. The monoisotopic (exact) mass is 790 g/mol. The fourth-order valence-corrected chi connectivity index (χ4v) is 10.3. The third-order valence-electron chi connectivity index (χ3n) is 11.5. The van der Waals surface area contributed by atoms with Gasteiger partial charge in [0.25, 0.3) is 15.9 Å². The van der Waals surface area contributed by atoms with E-state index in [2.05, 4.69) is 16.0 Å². The number of thiophene rings is 1. The molecule has 1 unspecified atom stereocenters. The van der Waals surface area contributed by atoms with Gasteiger partial charge in [-0.05, 0) is 58.8 Å². The van der Waals surface area contributed by atoms with Crippen LogP contribution in [0.1, 0.15) is 86.5 Å². The molecule has 0 bridgehead atoms. The number of nitrogens with zero attached hydrogens (tertiary/aromatic N) is 2. The Balaban J connectivity index is 1.60. The predicted octanol–water partition coefficient (Wildman–Crippen LogP) is 3.79. The number of carbonyl (C=O) groups is 5. The zero-order chi connectivity index (χ0) is 39.9. The first-order valence-electron chi connectivity index (χ1n) is 17.9. The molecule has 53 heavy (non-hydrogen) atoms. The molecule has 1 aromatic heterocycles. The Morgan fingerprint density at radius 2 is 1.66 bits per heavy atom. The second-order valence-electron chi connectivity index (χ2n) is 16.7. The Kier molecular flexibility index (Phi) is 12.4. The summed E-state index contributed by atoms with van der Waals surface area (Å²) in [6.07, 6.45) is -3.35. The topological polar surface area (TPSA) is 188 Å². The van der Waals surface area contributed by atoms with Crippen molar-refractivity contribution in [2.45, 2.75) is 121 Å². The van der Waals surface area contributed by atoms with Crippen LogP contribution in [0.15, 0.2) is 21.7 Å². The summed E-state index contributed by atoms with van der Waals surface area (Å²) in [5.74, 6) is -4.83. The third-order valence-corrected chi connectivity index (χ3v) is 14.7. The van der Waals surface area contributed by atoms with Crippen molar-refractivity contribution in [3.63, 3.8) is 0 Å². The molecular weight excluding hydrogens is 738 g/mol. The van der Waals surface area contributed by atoms with Gasteiger partial charge in [0.2, 0.25) is 17.6 Å². The Bertz CT molecular complexity index is 1660. The van der Waals surface area contributed by atoms with Crippen molar-refractivity contribution >= 4 is 50.9 Å². The molecule has 13 nitrogen and oxygen atoms in total. The number of piperidine rings is 1. The van der Waals surface area contributed by atoms with E-state index < -0.39 is 105 Å². The number of Topliss-reactive ketones (excluding diaryl/α,β-unsaturated/α-hetero) is 1. The Morgan fingerprint density at radius 3 is 2.19 bits per heavy atom. The van der Waals surface area contributed by atoms with Crippen molar-refractivity contribution in [3.05, 3.63) is 17.5 Å². The molecule has 298 valence electrons. The van der Waals surface area contributed by atoms with E-state index in [4.69, 9.17) is 5.73 Å². The molecule has 2 heterocycles. The van der Waals surface area contributed by atoms with Crippen LogP contribution in [0.5, 0.6) is 0 Å². The number of nitrogens with two attached hydrogens (primary N) is 1. The van der Waals surface area contributed by atoms with Crippen molar-refractivity contribution in [1.29, 1.82) is 0 Å². The number of rotatable bonds is 14. The van der Waals surface area contributed by atoms with Crippen molar-refractivity contribution in [2.24, 2.45) is 33.8 Å². The molecule has 2 saturated carbocycles. The number of amides is 5. The smallest absolute Gasteiger partial charge is 0.363 e. The zero-order valence-electron chi connectivity index (χ0n) is 31.3. The number of hydrogen-bond donors (Lipinski definition) is 4. The van der Waals surface area contributed by atoms with Crippen LogP contribution in [0.4, 0.5) is 18.0 Å². The number of hydrogen-bond acceptors (Lipinski definition) is 8. The Hall–Kier alpha value is -3.25. The van der Waals surface area contributed by atoms with E-state index in [-0.39, 0.29) is 23.2 Å². The number of nitrogens with one attached hydrogen (secondary N) is 3. The van der Waals surface area contributed by atoms with Crippen LogP contribution in [0.2, 0.25) is 0 Å². The minimum atomic E-state index is -4.67. The Morgan fingerprint density at radius 1 is 1.04 bits per heavy atom. The number of likely N-dealkylation sites (N-methyl/N-ethyl adjacent to an activating group) is 1. The van der Waals surface area contributed by atoms with Crippen LogP contribution in [0.3, 0.4) is 0 Å². The molecule has 1 aromatic rings. The molecule has 6 atom stereocenters. The summed E-state index contributed by atoms with van der Waals surface area (Å²) >= 11 is 1.08. The van der Waals surface area contributed by atoms with Crippen LogP contribution in [-0.4, -0.2) is 97.6 Å². The predicted molar refractivity (Wildman–Crippen MR) is 192 cm³/mol. The summed E-state index contributed by atoms with van der Waals surface area (Å²) in [6, 6.07) is -2.43. The maximum atomic E-state index is 14.7. The summed E-state index contributed by atoms with van der Waals surface area (Å²) in [6.45, 7) is 11.3. The molecule has 3 fully saturated rings. The average molecular weight is 791 g/mol. The molecule has 1 aliphatic heterocycles. The van der Waals surface area contributed by atoms with Crippen LogP contribution < -0.4 is 21.7 Å². The van der Waals surface area contributed by atoms with Crippen molar-refractivity contribution in [3.8, 4) is 0 Å². The van der Waals surface area contributed by atoms with E-state index in [1.807, 2.05) is 41.5 Å².